The Hall–Kier alpha value is -2.91. The molecule has 0 aliphatic carbocycles. The van der Waals surface area contributed by atoms with Gasteiger partial charge < -0.3 is 4.90 Å². The number of amides is 1. The Morgan fingerprint density at radius 3 is 2.38 bits per heavy atom. The van der Waals surface area contributed by atoms with Gasteiger partial charge in [0, 0.05) is 36.9 Å². The van der Waals surface area contributed by atoms with Crippen LogP contribution in [-0.2, 0) is 25.9 Å². The van der Waals surface area contributed by atoms with Crippen LogP contribution in [0.5, 0.6) is 0 Å². The summed E-state index contributed by atoms with van der Waals surface area (Å²) in [5, 5.41) is 0. The van der Waals surface area contributed by atoms with Gasteiger partial charge in [-0.3, -0.25) is 9.69 Å². The Labute approximate surface area is 172 Å². The van der Waals surface area contributed by atoms with Gasteiger partial charge in [0.15, 0.2) is 0 Å². The first-order valence-corrected chi connectivity index (χ1v) is 10.5. The molecule has 29 heavy (non-hydrogen) atoms. The fourth-order valence-corrected chi connectivity index (χ4v) is 4.71. The van der Waals surface area contributed by atoms with E-state index in [0.717, 1.165) is 43.7 Å². The number of carbonyl (C=O) groups excluding carboxylic acids is 1. The highest BCUT2D eigenvalue weighted by Crippen LogP contribution is 2.33. The van der Waals surface area contributed by atoms with E-state index in [9.17, 15) is 4.79 Å². The number of rotatable bonds is 3. The summed E-state index contributed by atoms with van der Waals surface area (Å²) in [6.45, 7) is 5.13. The molecule has 2 heterocycles. The van der Waals surface area contributed by atoms with E-state index in [1.54, 1.807) is 0 Å². The van der Waals surface area contributed by atoms with Crippen molar-refractivity contribution < 1.29 is 4.79 Å². The van der Waals surface area contributed by atoms with E-state index in [2.05, 4.69) is 60.4 Å². The molecule has 2 aliphatic heterocycles. The van der Waals surface area contributed by atoms with Crippen molar-refractivity contribution in [2.75, 3.05) is 11.4 Å². The number of hydrogen-bond donors (Lipinski definition) is 0. The van der Waals surface area contributed by atoms with E-state index in [-0.39, 0.29) is 11.9 Å². The van der Waals surface area contributed by atoms with Crippen LogP contribution in [0.1, 0.15) is 39.5 Å². The number of nitrogens with zero attached hydrogens (tertiary/aromatic N) is 2. The largest absolute Gasteiger partial charge is 0.305 e. The zero-order valence-corrected chi connectivity index (χ0v) is 16.8. The van der Waals surface area contributed by atoms with Crippen LogP contribution in [0.15, 0.2) is 72.8 Å². The number of benzene rings is 3. The van der Waals surface area contributed by atoms with Crippen LogP contribution in [0.3, 0.4) is 0 Å². The van der Waals surface area contributed by atoms with E-state index < -0.39 is 0 Å². The van der Waals surface area contributed by atoms with Crippen molar-refractivity contribution in [1.82, 2.24) is 4.90 Å². The van der Waals surface area contributed by atoms with Gasteiger partial charge in [-0.1, -0.05) is 54.6 Å². The predicted octanol–water partition coefficient (Wildman–Crippen LogP) is 4.84. The molecule has 3 aromatic carbocycles. The number of carbonyl (C=O) groups is 1. The van der Waals surface area contributed by atoms with Crippen LogP contribution in [-0.4, -0.2) is 23.4 Å². The standard InChI is InChI=1S/C26H26N2O/c1-19-16-23-7-4-5-9-25(23)28(19)26(29)22-12-10-20(11-13-22)17-27-15-14-21-6-2-3-8-24(21)18-27/h2-13,19H,14-18H2,1H3/t19-/m0/s1. The molecule has 2 aliphatic rings. The molecule has 0 saturated carbocycles. The SMILES string of the molecule is C[C@H]1Cc2ccccc2N1C(=O)c1ccc(CN2CCc3ccccc3C2)cc1. The normalized spacial score (nSPS) is 18.4. The molecule has 1 amide bonds. The van der Waals surface area contributed by atoms with Crippen LogP contribution in [0.25, 0.3) is 0 Å². The van der Waals surface area contributed by atoms with Gasteiger partial charge in [-0.2, -0.15) is 0 Å². The Morgan fingerprint density at radius 1 is 0.897 bits per heavy atom. The molecule has 0 unspecified atom stereocenters. The van der Waals surface area contributed by atoms with E-state index in [4.69, 9.17) is 0 Å². The maximum Gasteiger partial charge on any atom is 0.258 e. The third kappa shape index (κ3) is 3.47. The third-order valence-corrected chi connectivity index (χ3v) is 6.24. The summed E-state index contributed by atoms with van der Waals surface area (Å²) in [6, 6.07) is 25.4. The average Bonchev–Trinajstić information content (AvgIpc) is 3.09. The molecule has 5 rings (SSSR count). The second-order valence-corrected chi connectivity index (χ2v) is 8.28. The zero-order valence-electron chi connectivity index (χ0n) is 16.8. The smallest absolute Gasteiger partial charge is 0.258 e. The Morgan fingerprint density at radius 2 is 1.59 bits per heavy atom. The van der Waals surface area contributed by atoms with E-state index in [1.165, 1.54) is 22.3 Å². The fraction of sp³-hybridized carbons (Fsp3) is 0.269. The van der Waals surface area contributed by atoms with Crippen LogP contribution >= 0.6 is 0 Å². The van der Waals surface area contributed by atoms with Gasteiger partial charge in [0.1, 0.15) is 0 Å². The maximum atomic E-state index is 13.2. The maximum absolute atomic E-state index is 13.2. The van der Waals surface area contributed by atoms with E-state index >= 15 is 0 Å². The summed E-state index contributed by atoms with van der Waals surface area (Å²) in [6.07, 6.45) is 2.04. The zero-order chi connectivity index (χ0) is 19.8. The van der Waals surface area contributed by atoms with Gasteiger partial charge in [0.25, 0.3) is 5.91 Å². The van der Waals surface area contributed by atoms with Crippen LogP contribution in [0, 0.1) is 0 Å². The summed E-state index contributed by atoms with van der Waals surface area (Å²) < 4.78 is 0. The molecule has 0 fully saturated rings. The van der Waals surface area contributed by atoms with Gasteiger partial charge in [-0.15, -0.1) is 0 Å². The lowest BCUT2D eigenvalue weighted by atomic mass is 9.99. The monoisotopic (exact) mass is 382 g/mol. The summed E-state index contributed by atoms with van der Waals surface area (Å²) in [7, 11) is 0. The minimum absolute atomic E-state index is 0.0981. The van der Waals surface area contributed by atoms with Gasteiger partial charge in [-0.25, -0.2) is 0 Å². The van der Waals surface area contributed by atoms with Gasteiger partial charge in [-0.05, 0) is 60.2 Å². The summed E-state index contributed by atoms with van der Waals surface area (Å²) in [5.41, 5.74) is 7.26. The van der Waals surface area contributed by atoms with Crippen molar-refractivity contribution in [1.29, 1.82) is 0 Å². The average molecular weight is 383 g/mol. The quantitative estimate of drug-likeness (QED) is 0.647. The Bertz CT molecular complexity index is 1040. The molecule has 3 heteroatoms. The predicted molar refractivity (Wildman–Crippen MR) is 117 cm³/mol. The fourth-order valence-electron chi connectivity index (χ4n) is 4.71. The van der Waals surface area contributed by atoms with Gasteiger partial charge in [0.05, 0.1) is 0 Å². The lowest BCUT2D eigenvalue weighted by Gasteiger charge is -2.28. The Balaban J connectivity index is 1.29. The molecule has 0 saturated heterocycles. The van der Waals surface area contributed by atoms with Crippen molar-refractivity contribution in [2.24, 2.45) is 0 Å². The second kappa shape index (κ2) is 7.49. The topological polar surface area (TPSA) is 23.6 Å². The lowest BCUT2D eigenvalue weighted by Crippen LogP contribution is -2.35. The van der Waals surface area contributed by atoms with Gasteiger partial charge in [0.2, 0.25) is 0 Å². The third-order valence-electron chi connectivity index (χ3n) is 6.24. The minimum Gasteiger partial charge on any atom is -0.305 e. The van der Waals surface area contributed by atoms with Crippen LogP contribution in [0.2, 0.25) is 0 Å². The minimum atomic E-state index is 0.0981. The van der Waals surface area contributed by atoms with Crippen molar-refractivity contribution in [3.63, 3.8) is 0 Å². The van der Waals surface area contributed by atoms with Crippen molar-refractivity contribution in [3.05, 3.63) is 101 Å². The van der Waals surface area contributed by atoms with Crippen LogP contribution in [0.4, 0.5) is 5.69 Å². The molecule has 1 atom stereocenters. The molecule has 0 spiro atoms. The summed E-state index contributed by atoms with van der Waals surface area (Å²) in [5.74, 6) is 0.0981. The Kier molecular flexibility index (Phi) is 4.69. The van der Waals surface area contributed by atoms with E-state index in [0.29, 0.717) is 0 Å². The second-order valence-electron chi connectivity index (χ2n) is 8.28. The molecule has 146 valence electrons. The highest BCUT2D eigenvalue weighted by atomic mass is 16.2. The lowest BCUT2D eigenvalue weighted by molar-refractivity contribution is 0.0981. The van der Waals surface area contributed by atoms with Crippen LogP contribution < -0.4 is 4.90 Å². The number of fused-ring (bicyclic) bond motifs is 2. The first-order chi connectivity index (χ1) is 14.2. The molecule has 0 radical (unpaired) electrons. The molecule has 3 aromatic rings. The molecule has 0 bridgehead atoms. The molecule has 0 N–H and O–H groups in total. The summed E-state index contributed by atoms with van der Waals surface area (Å²) >= 11 is 0. The van der Waals surface area contributed by atoms with Crippen molar-refractivity contribution in [3.8, 4) is 0 Å². The van der Waals surface area contributed by atoms with Crippen molar-refractivity contribution >= 4 is 11.6 Å². The van der Waals surface area contributed by atoms with Gasteiger partial charge >= 0.3 is 0 Å². The molecule has 3 nitrogen and oxygen atoms in total. The summed E-state index contributed by atoms with van der Waals surface area (Å²) in [4.78, 5) is 17.6. The first-order valence-electron chi connectivity index (χ1n) is 10.5. The number of hydrogen-bond acceptors (Lipinski definition) is 2. The number of para-hydroxylation sites is 1. The highest BCUT2D eigenvalue weighted by Gasteiger charge is 2.31. The van der Waals surface area contributed by atoms with Crippen molar-refractivity contribution in [2.45, 2.75) is 38.9 Å². The first kappa shape index (κ1) is 18.1. The molecular weight excluding hydrogens is 356 g/mol. The molecule has 0 aromatic heterocycles. The molecular formula is C26H26N2O. The highest BCUT2D eigenvalue weighted by molar-refractivity contribution is 6.07. The number of anilines is 1. The van der Waals surface area contributed by atoms with E-state index in [1.807, 2.05) is 29.2 Å².